The van der Waals surface area contributed by atoms with Gasteiger partial charge < -0.3 is 10.3 Å². The Labute approximate surface area is 104 Å². The molecule has 2 aromatic heterocycles. The molecule has 17 heavy (non-hydrogen) atoms. The Kier molecular flexibility index (Phi) is 2.90. The lowest BCUT2D eigenvalue weighted by Gasteiger charge is -2.03. The van der Waals surface area contributed by atoms with Crippen molar-refractivity contribution in [2.45, 2.75) is 13.1 Å². The van der Waals surface area contributed by atoms with Crippen LogP contribution in [0.2, 0.25) is 0 Å². The summed E-state index contributed by atoms with van der Waals surface area (Å²) in [5.41, 5.74) is 4.36. The van der Waals surface area contributed by atoms with Crippen LogP contribution in [0.3, 0.4) is 0 Å². The summed E-state index contributed by atoms with van der Waals surface area (Å²) in [4.78, 5) is 8.53. The lowest BCUT2D eigenvalue weighted by Crippen LogP contribution is -2.11. The number of benzene rings is 1. The first kappa shape index (κ1) is 10.5. The van der Waals surface area contributed by atoms with Gasteiger partial charge in [-0.05, 0) is 29.1 Å². The molecule has 0 saturated carbocycles. The van der Waals surface area contributed by atoms with Gasteiger partial charge in [-0.15, -0.1) is 11.3 Å². The molecule has 0 aliphatic rings. The van der Waals surface area contributed by atoms with E-state index in [1.165, 1.54) is 21.3 Å². The number of thiazole rings is 1. The first-order valence-corrected chi connectivity index (χ1v) is 6.44. The van der Waals surface area contributed by atoms with Crippen molar-refractivity contribution < 1.29 is 0 Å². The molecule has 0 amide bonds. The summed E-state index contributed by atoms with van der Waals surface area (Å²) in [5, 5.41) is 4.69. The number of aromatic amines is 1. The summed E-state index contributed by atoms with van der Waals surface area (Å²) < 4.78 is 0. The number of aromatic nitrogens is 2. The van der Waals surface area contributed by atoms with E-state index in [0.29, 0.717) is 0 Å². The van der Waals surface area contributed by atoms with Crippen LogP contribution in [0.25, 0.3) is 10.9 Å². The smallest absolute Gasteiger partial charge is 0.0794 e. The largest absolute Gasteiger partial charge is 0.361 e. The predicted octanol–water partition coefficient (Wildman–Crippen LogP) is 2.91. The van der Waals surface area contributed by atoms with E-state index < -0.39 is 0 Å². The first-order valence-electron chi connectivity index (χ1n) is 5.56. The molecular formula is C13H13N3S. The molecule has 0 atom stereocenters. The molecule has 4 heteroatoms. The Morgan fingerprint density at radius 3 is 3.12 bits per heavy atom. The highest BCUT2D eigenvalue weighted by molar-refractivity contribution is 7.09. The Morgan fingerprint density at radius 1 is 1.24 bits per heavy atom. The van der Waals surface area contributed by atoms with Gasteiger partial charge in [-0.2, -0.15) is 0 Å². The molecule has 0 aliphatic heterocycles. The molecule has 0 fully saturated rings. The average molecular weight is 243 g/mol. The molecule has 86 valence electrons. The van der Waals surface area contributed by atoms with Gasteiger partial charge in [0.05, 0.1) is 5.51 Å². The van der Waals surface area contributed by atoms with Crippen LogP contribution in [-0.4, -0.2) is 9.97 Å². The standard InChI is InChI=1S/C13H13N3S/c1-2-13-11(3-4-16-13)5-10(1)6-14-7-12-8-15-9-17-12/h1-5,8-9,14,16H,6-7H2. The average Bonchev–Trinajstić information content (AvgIpc) is 2.98. The van der Waals surface area contributed by atoms with Crippen molar-refractivity contribution in [2.75, 3.05) is 0 Å². The Hall–Kier alpha value is -1.65. The van der Waals surface area contributed by atoms with E-state index in [1.807, 2.05) is 17.9 Å². The van der Waals surface area contributed by atoms with E-state index in [2.05, 4.69) is 39.6 Å². The minimum absolute atomic E-state index is 0.885. The van der Waals surface area contributed by atoms with Crippen molar-refractivity contribution in [3.05, 3.63) is 52.6 Å². The van der Waals surface area contributed by atoms with Crippen LogP contribution in [0.15, 0.2) is 42.2 Å². The van der Waals surface area contributed by atoms with E-state index in [1.54, 1.807) is 11.3 Å². The SMILES string of the molecule is c1cc2cc(CNCc3cncs3)ccc2[nH]1. The van der Waals surface area contributed by atoms with Crippen LogP contribution in [0.5, 0.6) is 0 Å². The summed E-state index contributed by atoms with van der Waals surface area (Å²) in [6, 6.07) is 8.59. The van der Waals surface area contributed by atoms with Gasteiger partial charge in [-0.25, -0.2) is 0 Å². The van der Waals surface area contributed by atoms with E-state index in [9.17, 15) is 0 Å². The van der Waals surface area contributed by atoms with Gasteiger partial charge in [-0.1, -0.05) is 6.07 Å². The normalized spacial score (nSPS) is 11.1. The number of nitrogens with zero attached hydrogens (tertiary/aromatic N) is 1. The second-order valence-electron chi connectivity index (χ2n) is 3.97. The van der Waals surface area contributed by atoms with Crippen molar-refractivity contribution >= 4 is 22.2 Å². The molecule has 3 rings (SSSR count). The second-order valence-corrected chi connectivity index (χ2v) is 4.94. The zero-order valence-corrected chi connectivity index (χ0v) is 10.1. The number of nitrogens with one attached hydrogen (secondary N) is 2. The monoisotopic (exact) mass is 243 g/mol. The third kappa shape index (κ3) is 2.38. The summed E-state index contributed by atoms with van der Waals surface area (Å²) in [6.07, 6.45) is 3.88. The predicted molar refractivity (Wildman–Crippen MR) is 71.0 cm³/mol. The summed E-state index contributed by atoms with van der Waals surface area (Å²) in [6.45, 7) is 1.77. The molecule has 0 bridgehead atoms. The van der Waals surface area contributed by atoms with E-state index >= 15 is 0 Å². The molecular weight excluding hydrogens is 230 g/mol. The number of fused-ring (bicyclic) bond motifs is 1. The number of H-pyrrole nitrogens is 1. The topological polar surface area (TPSA) is 40.7 Å². The molecule has 0 radical (unpaired) electrons. The lowest BCUT2D eigenvalue weighted by atomic mass is 10.1. The van der Waals surface area contributed by atoms with Crippen LogP contribution in [0.1, 0.15) is 10.4 Å². The fourth-order valence-corrected chi connectivity index (χ4v) is 2.44. The van der Waals surface area contributed by atoms with Gasteiger partial charge in [0.1, 0.15) is 0 Å². The van der Waals surface area contributed by atoms with E-state index in [0.717, 1.165) is 13.1 Å². The minimum atomic E-state index is 0.885. The van der Waals surface area contributed by atoms with Crippen LogP contribution >= 0.6 is 11.3 Å². The Morgan fingerprint density at radius 2 is 2.24 bits per heavy atom. The van der Waals surface area contributed by atoms with Gasteiger partial charge >= 0.3 is 0 Å². The van der Waals surface area contributed by atoms with Gasteiger partial charge in [-0.3, -0.25) is 4.98 Å². The molecule has 0 aliphatic carbocycles. The third-order valence-corrected chi connectivity index (χ3v) is 3.51. The Balaban J connectivity index is 1.64. The van der Waals surface area contributed by atoms with Gasteiger partial charge in [0.25, 0.3) is 0 Å². The maximum atomic E-state index is 4.06. The van der Waals surface area contributed by atoms with Gasteiger partial charge in [0.15, 0.2) is 0 Å². The molecule has 2 heterocycles. The van der Waals surface area contributed by atoms with Crippen LogP contribution < -0.4 is 5.32 Å². The highest BCUT2D eigenvalue weighted by Crippen LogP contribution is 2.14. The van der Waals surface area contributed by atoms with Crippen LogP contribution in [-0.2, 0) is 13.1 Å². The summed E-state index contributed by atoms with van der Waals surface area (Å²) in [5.74, 6) is 0. The minimum Gasteiger partial charge on any atom is -0.361 e. The summed E-state index contributed by atoms with van der Waals surface area (Å²) in [7, 11) is 0. The van der Waals surface area contributed by atoms with E-state index in [4.69, 9.17) is 0 Å². The maximum Gasteiger partial charge on any atom is 0.0794 e. The maximum absolute atomic E-state index is 4.06. The van der Waals surface area contributed by atoms with Gasteiger partial charge in [0, 0.05) is 35.9 Å². The molecule has 0 unspecified atom stereocenters. The van der Waals surface area contributed by atoms with Crippen molar-refractivity contribution in [1.82, 2.24) is 15.3 Å². The molecule has 0 spiro atoms. The highest BCUT2D eigenvalue weighted by atomic mass is 32.1. The fourth-order valence-electron chi connectivity index (χ4n) is 1.87. The summed E-state index contributed by atoms with van der Waals surface area (Å²) >= 11 is 1.68. The van der Waals surface area contributed by atoms with Crippen molar-refractivity contribution in [3.63, 3.8) is 0 Å². The number of hydrogen-bond acceptors (Lipinski definition) is 3. The lowest BCUT2D eigenvalue weighted by molar-refractivity contribution is 0.700. The van der Waals surface area contributed by atoms with Crippen molar-refractivity contribution in [2.24, 2.45) is 0 Å². The van der Waals surface area contributed by atoms with Crippen LogP contribution in [0, 0.1) is 0 Å². The molecule has 2 N–H and O–H groups in total. The van der Waals surface area contributed by atoms with Crippen molar-refractivity contribution in [1.29, 1.82) is 0 Å². The first-order chi connectivity index (χ1) is 8.42. The zero-order chi connectivity index (χ0) is 11.5. The second kappa shape index (κ2) is 4.69. The molecule has 0 saturated heterocycles. The molecule has 3 nitrogen and oxygen atoms in total. The highest BCUT2D eigenvalue weighted by Gasteiger charge is 1.98. The molecule has 1 aromatic carbocycles. The van der Waals surface area contributed by atoms with Gasteiger partial charge in [0.2, 0.25) is 0 Å². The third-order valence-electron chi connectivity index (χ3n) is 2.73. The Bertz CT molecular complexity index is 598. The van der Waals surface area contributed by atoms with Crippen molar-refractivity contribution in [3.8, 4) is 0 Å². The molecule has 3 aromatic rings. The number of rotatable bonds is 4. The quantitative estimate of drug-likeness (QED) is 0.739. The van der Waals surface area contributed by atoms with E-state index in [-0.39, 0.29) is 0 Å². The zero-order valence-electron chi connectivity index (χ0n) is 9.31. The van der Waals surface area contributed by atoms with Crippen LogP contribution in [0.4, 0.5) is 0 Å². The number of hydrogen-bond donors (Lipinski definition) is 2. The fraction of sp³-hybridized carbons (Fsp3) is 0.154.